The predicted molar refractivity (Wildman–Crippen MR) is 139 cm³/mol. The van der Waals surface area contributed by atoms with Crippen LogP contribution < -0.4 is 11.5 Å². The third-order valence-electron chi connectivity index (χ3n) is 8.07. The van der Waals surface area contributed by atoms with Gasteiger partial charge in [0.25, 0.3) is 5.91 Å². The molecule has 1 saturated carbocycles. The fraction of sp³-hybridized carbons (Fsp3) is 0.500. The van der Waals surface area contributed by atoms with E-state index in [-0.39, 0.29) is 46.5 Å². The average molecular weight is 585 g/mol. The van der Waals surface area contributed by atoms with Crippen LogP contribution in [-0.2, 0) is 25.6 Å². The van der Waals surface area contributed by atoms with E-state index in [0.717, 1.165) is 7.11 Å². The highest BCUT2D eigenvalue weighted by Crippen LogP contribution is 2.55. The number of aromatic hydroxyl groups is 1. The van der Waals surface area contributed by atoms with E-state index in [4.69, 9.17) is 16.2 Å². The maximum Gasteiger partial charge on any atom is 0.425 e. The Bertz CT molecular complexity index is 1400. The fourth-order valence-electron chi connectivity index (χ4n) is 6.42. The van der Waals surface area contributed by atoms with Gasteiger partial charge in [-0.3, -0.25) is 14.5 Å². The number of ketones is 1. The second-order valence-corrected chi connectivity index (χ2v) is 10.6. The summed E-state index contributed by atoms with van der Waals surface area (Å²) in [7, 11) is 4.31. The Morgan fingerprint density at radius 1 is 1.27 bits per heavy atom. The van der Waals surface area contributed by atoms with Crippen molar-refractivity contribution in [2.75, 3.05) is 33.5 Å². The molecule has 0 aromatic heterocycles. The number of rotatable bonds is 6. The van der Waals surface area contributed by atoms with E-state index < -0.39 is 76.9 Å². The van der Waals surface area contributed by atoms with Crippen LogP contribution in [0.15, 0.2) is 28.1 Å². The summed E-state index contributed by atoms with van der Waals surface area (Å²) in [6, 6.07) is 0.265. The first-order chi connectivity index (χ1) is 19.0. The van der Waals surface area contributed by atoms with Crippen LogP contribution in [0.2, 0.25) is 0 Å². The molecule has 8 N–H and O–H groups in total. The van der Waals surface area contributed by atoms with Gasteiger partial charge in [-0.2, -0.15) is 13.2 Å². The Hall–Kier alpha value is -3.82. The molecule has 1 aromatic rings. The fourth-order valence-corrected chi connectivity index (χ4v) is 6.42. The van der Waals surface area contributed by atoms with Gasteiger partial charge in [0.15, 0.2) is 11.4 Å². The molecule has 1 aromatic carbocycles. The number of benzene rings is 1. The Morgan fingerprint density at radius 3 is 2.44 bits per heavy atom. The molecule has 224 valence electrons. The van der Waals surface area contributed by atoms with Crippen molar-refractivity contribution in [3.05, 3.63) is 39.7 Å². The number of hydrogen-bond donors (Lipinski definition) is 6. The third kappa shape index (κ3) is 4.57. The quantitative estimate of drug-likeness (QED) is 0.122. The number of methoxy groups -OCH3 is 1. The zero-order chi connectivity index (χ0) is 30.8. The van der Waals surface area contributed by atoms with Crippen molar-refractivity contribution in [1.29, 1.82) is 0 Å². The lowest BCUT2D eigenvalue weighted by atomic mass is 9.56. The van der Waals surface area contributed by atoms with Crippen LogP contribution >= 0.6 is 0 Å². The molecule has 15 heteroatoms. The number of likely N-dealkylation sites (N-methyl/N-ethyl adjacent to an activating group) is 1. The Kier molecular flexibility index (Phi) is 7.52. The van der Waals surface area contributed by atoms with Crippen molar-refractivity contribution in [2.45, 2.75) is 43.7 Å². The van der Waals surface area contributed by atoms with E-state index >= 15 is 0 Å². The van der Waals surface area contributed by atoms with Crippen LogP contribution in [-0.4, -0.2) is 94.5 Å². The number of nitrogens with two attached hydrogens (primary N) is 2. The smallest absolute Gasteiger partial charge is 0.425 e. The van der Waals surface area contributed by atoms with Gasteiger partial charge in [0.2, 0.25) is 6.61 Å². The number of fused-ring (bicyclic) bond motifs is 3. The van der Waals surface area contributed by atoms with E-state index in [1.54, 1.807) is 14.1 Å². The van der Waals surface area contributed by atoms with E-state index in [2.05, 4.69) is 9.99 Å². The van der Waals surface area contributed by atoms with Gasteiger partial charge in [0.05, 0.1) is 28.6 Å². The van der Waals surface area contributed by atoms with E-state index in [1.807, 2.05) is 0 Å². The summed E-state index contributed by atoms with van der Waals surface area (Å²) in [5.41, 5.74) is 8.32. The summed E-state index contributed by atoms with van der Waals surface area (Å²) in [5, 5.41) is 48.1. The van der Waals surface area contributed by atoms with Crippen LogP contribution in [0.5, 0.6) is 5.75 Å². The lowest BCUT2D eigenvalue weighted by molar-refractivity contribution is -0.179. The van der Waals surface area contributed by atoms with Gasteiger partial charge < -0.3 is 41.5 Å². The molecule has 1 amide bonds. The Morgan fingerprint density at radius 2 is 1.90 bits per heavy atom. The number of phenolic OH excluding ortho intramolecular Hbond substituents is 1. The number of aliphatic hydroxyl groups excluding tert-OH is 3. The SMILES string of the molecule is CO[C@]12C(=O)C3=C(O)c4c(O)c(N)cc(/C(C)=N/OCC(F)(F)F)c4C[C@H]3C[C@H]1[C@@H](N(C)C)C(O)=C(C(N)=O)C2O. The maximum absolute atomic E-state index is 14.2. The van der Waals surface area contributed by atoms with Crippen LogP contribution in [0.3, 0.4) is 0 Å². The number of oxime groups is 1. The number of anilines is 1. The normalized spacial score (nSPS) is 28.4. The van der Waals surface area contributed by atoms with Gasteiger partial charge in [-0.05, 0) is 51.4 Å². The molecule has 4 rings (SSSR count). The van der Waals surface area contributed by atoms with E-state index in [1.165, 1.54) is 17.9 Å². The highest BCUT2D eigenvalue weighted by Gasteiger charge is 2.66. The van der Waals surface area contributed by atoms with Gasteiger partial charge in [0.1, 0.15) is 23.4 Å². The van der Waals surface area contributed by atoms with Gasteiger partial charge in [-0.1, -0.05) is 5.16 Å². The number of alkyl halides is 3. The number of nitrogen functional groups attached to an aromatic ring is 1. The second-order valence-electron chi connectivity index (χ2n) is 10.6. The average Bonchev–Trinajstić information content (AvgIpc) is 2.84. The summed E-state index contributed by atoms with van der Waals surface area (Å²) in [6.07, 6.45) is -6.62. The number of ether oxygens (including phenoxy) is 1. The molecule has 0 spiro atoms. The highest BCUT2D eigenvalue weighted by atomic mass is 19.4. The molecule has 0 saturated heterocycles. The number of carbonyl (C=O) groups excluding carboxylic acids is 2. The minimum Gasteiger partial charge on any atom is -0.510 e. The summed E-state index contributed by atoms with van der Waals surface area (Å²) in [5.74, 6) is -5.57. The number of amides is 1. The van der Waals surface area contributed by atoms with Crippen LogP contribution in [0.4, 0.5) is 18.9 Å². The van der Waals surface area contributed by atoms with Gasteiger partial charge in [0, 0.05) is 24.2 Å². The molecule has 12 nitrogen and oxygen atoms in total. The topological polar surface area (TPSA) is 201 Å². The van der Waals surface area contributed by atoms with E-state index in [0.29, 0.717) is 0 Å². The summed E-state index contributed by atoms with van der Waals surface area (Å²) in [6.45, 7) is -0.291. The zero-order valence-corrected chi connectivity index (χ0v) is 22.6. The van der Waals surface area contributed by atoms with Crippen LogP contribution in [0.1, 0.15) is 30.0 Å². The van der Waals surface area contributed by atoms with Crippen molar-refractivity contribution < 1.29 is 52.8 Å². The van der Waals surface area contributed by atoms with Crippen molar-refractivity contribution in [2.24, 2.45) is 22.7 Å². The van der Waals surface area contributed by atoms with Crippen molar-refractivity contribution in [3.8, 4) is 5.75 Å². The predicted octanol–water partition coefficient (Wildman–Crippen LogP) is 1.30. The molecule has 0 heterocycles. The van der Waals surface area contributed by atoms with Crippen LogP contribution in [0.25, 0.3) is 5.76 Å². The molecule has 41 heavy (non-hydrogen) atoms. The monoisotopic (exact) mass is 584 g/mol. The van der Waals surface area contributed by atoms with Crippen molar-refractivity contribution in [1.82, 2.24) is 4.90 Å². The molecule has 0 aliphatic heterocycles. The first-order valence-electron chi connectivity index (χ1n) is 12.5. The second kappa shape index (κ2) is 10.2. The number of Topliss-reactive ketones (excluding diaryl/α,β-unsaturated/α-hetero) is 1. The van der Waals surface area contributed by atoms with E-state index in [9.17, 15) is 43.2 Å². The molecule has 3 aliphatic carbocycles. The number of phenols is 1. The standard InChI is InChI=1S/C26H31F3N4O8/c1-9(32-41-8-25(27,28)29)11-7-14(30)19(34)16-12(11)5-10-6-13-18(33(2)3)21(36)17(24(31)39)23(38)26(13,40-4)22(37)15(10)20(16)35/h7,10,13,18,23,34-36,38H,5-6,8,30H2,1-4H3,(H2,31,39)/b32-9+/t10-,13-,18+,23?,26-/m0/s1. The Balaban J connectivity index is 1.92. The Labute approximate surface area is 232 Å². The van der Waals surface area contributed by atoms with Gasteiger partial charge >= 0.3 is 6.18 Å². The first-order valence-corrected chi connectivity index (χ1v) is 12.5. The number of nitrogens with zero attached hydrogens (tertiary/aromatic N) is 2. The minimum absolute atomic E-state index is 0.0184. The molecule has 0 bridgehead atoms. The summed E-state index contributed by atoms with van der Waals surface area (Å²) < 4.78 is 43.4. The highest BCUT2D eigenvalue weighted by molar-refractivity contribution is 6.12. The maximum atomic E-state index is 14.2. The molecule has 3 aliphatic rings. The summed E-state index contributed by atoms with van der Waals surface area (Å²) in [4.78, 5) is 32.5. The third-order valence-corrected chi connectivity index (χ3v) is 8.07. The lowest BCUT2D eigenvalue weighted by Gasteiger charge is -2.54. The number of hydrogen-bond acceptors (Lipinski definition) is 11. The zero-order valence-electron chi connectivity index (χ0n) is 22.6. The van der Waals surface area contributed by atoms with Crippen molar-refractivity contribution >= 4 is 28.8 Å². The van der Waals surface area contributed by atoms with Gasteiger partial charge in [-0.15, -0.1) is 0 Å². The first kappa shape index (κ1) is 30.1. The number of aliphatic hydroxyl groups is 3. The number of primary amides is 1. The van der Waals surface area contributed by atoms with Crippen molar-refractivity contribution in [3.63, 3.8) is 0 Å². The number of carbonyl (C=O) groups is 2. The molecule has 1 unspecified atom stereocenters. The molecular formula is C26H31F3N4O8. The number of halogens is 3. The molecular weight excluding hydrogens is 553 g/mol. The molecule has 1 fully saturated rings. The largest absolute Gasteiger partial charge is 0.510 e. The molecule has 0 radical (unpaired) electrons. The van der Waals surface area contributed by atoms with Gasteiger partial charge in [-0.25, -0.2) is 0 Å². The van der Waals surface area contributed by atoms with Crippen LogP contribution in [0, 0.1) is 11.8 Å². The minimum atomic E-state index is -4.63. The lowest BCUT2D eigenvalue weighted by Crippen LogP contribution is -2.69. The summed E-state index contributed by atoms with van der Waals surface area (Å²) >= 11 is 0. The molecule has 5 atom stereocenters.